The molecular weight excluding hydrogens is 228 g/mol. The molecule has 4 heteroatoms. The number of pyridine rings is 1. The van der Waals surface area contributed by atoms with Crippen LogP contribution in [-0.2, 0) is 11.2 Å². The third kappa shape index (κ3) is 4.28. The topological polar surface area (TPSA) is 73.1 Å². The number of hydrogen-bond acceptors (Lipinski definition) is 3. The van der Waals surface area contributed by atoms with Gasteiger partial charge in [0.05, 0.1) is 5.69 Å². The Kier molecular flexibility index (Phi) is 6.05. The summed E-state index contributed by atoms with van der Waals surface area (Å²) in [7, 11) is 0. The van der Waals surface area contributed by atoms with Crippen molar-refractivity contribution in [1.82, 2.24) is 4.98 Å². The molecule has 0 unspecified atom stereocenters. The van der Waals surface area contributed by atoms with Gasteiger partial charge >= 0.3 is 0 Å². The first-order valence-corrected chi connectivity index (χ1v) is 6.44. The smallest absolute Gasteiger partial charge is 0.289 e. The van der Waals surface area contributed by atoms with E-state index in [9.17, 15) is 9.59 Å². The third-order valence-electron chi connectivity index (χ3n) is 2.88. The third-order valence-corrected chi connectivity index (χ3v) is 2.88. The van der Waals surface area contributed by atoms with Crippen LogP contribution in [0.25, 0.3) is 0 Å². The van der Waals surface area contributed by atoms with Gasteiger partial charge in [-0.2, -0.15) is 0 Å². The molecule has 0 radical (unpaired) electrons. The quantitative estimate of drug-likeness (QED) is 0.435. The predicted octanol–water partition coefficient (Wildman–Crippen LogP) is 2.26. The van der Waals surface area contributed by atoms with Crippen LogP contribution in [-0.4, -0.2) is 16.7 Å². The molecule has 98 valence electrons. The van der Waals surface area contributed by atoms with Gasteiger partial charge in [0.15, 0.2) is 0 Å². The van der Waals surface area contributed by atoms with Crippen molar-refractivity contribution in [1.29, 1.82) is 0 Å². The molecule has 1 aromatic rings. The lowest BCUT2D eigenvalue weighted by Gasteiger charge is -2.05. The van der Waals surface area contributed by atoms with Crippen LogP contribution in [0.5, 0.6) is 0 Å². The summed E-state index contributed by atoms with van der Waals surface area (Å²) in [4.78, 5) is 26.7. The van der Waals surface area contributed by atoms with Gasteiger partial charge in [-0.1, -0.05) is 32.6 Å². The fourth-order valence-corrected chi connectivity index (χ4v) is 1.87. The summed E-state index contributed by atoms with van der Waals surface area (Å²) >= 11 is 0. The first-order valence-electron chi connectivity index (χ1n) is 6.44. The predicted molar refractivity (Wildman–Crippen MR) is 70.2 cm³/mol. The maximum Gasteiger partial charge on any atom is 0.289 e. The minimum atomic E-state index is -0.921. The zero-order chi connectivity index (χ0) is 13.4. The van der Waals surface area contributed by atoms with Gasteiger partial charge in [-0.05, 0) is 25.0 Å². The van der Waals surface area contributed by atoms with Crippen molar-refractivity contribution in [3.63, 3.8) is 0 Å². The van der Waals surface area contributed by atoms with Gasteiger partial charge in [-0.25, -0.2) is 0 Å². The van der Waals surface area contributed by atoms with Gasteiger partial charge in [-0.3, -0.25) is 14.6 Å². The number of hydrogen-bond donors (Lipinski definition) is 1. The first kappa shape index (κ1) is 14.4. The van der Waals surface area contributed by atoms with Gasteiger partial charge in [0, 0.05) is 11.8 Å². The van der Waals surface area contributed by atoms with Crippen LogP contribution < -0.4 is 5.73 Å². The maximum atomic E-state index is 11.6. The average Bonchev–Trinajstić information content (AvgIpc) is 2.38. The van der Waals surface area contributed by atoms with Crippen molar-refractivity contribution >= 4 is 11.7 Å². The van der Waals surface area contributed by atoms with Crippen LogP contribution in [0.1, 0.15) is 55.1 Å². The Hall–Kier alpha value is -1.71. The van der Waals surface area contributed by atoms with Gasteiger partial charge in [0.1, 0.15) is 0 Å². The highest BCUT2D eigenvalue weighted by Gasteiger charge is 2.16. The van der Waals surface area contributed by atoms with E-state index < -0.39 is 11.7 Å². The fraction of sp³-hybridized carbons (Fsp3) is 0.500. The normalized spacial score (nSPS) is 10.3. The largest absolute Gasteiger partial charge is 0.363 e. The van der Waals surface area contributed by atoms with Gasteiger partial charge in [-0.15, -0.1) is 0 Å². The number of nitrogens with zero attached hydrogens (tertiary/aromatic N) is 1. The highest BCUT2D eigenvalue weighted by Crippen LogP contribution is 2.12. The fourth-order valence-electron chi connectivity index (χ4n) is 1.87. The molecule has 1 heterocycles. The van der Waals surface area contributed by atoms with E-state index in [1.54, 1.807) is 18.3 Å². The second-order valence-corrected chi connectivity index (χ2v) is 4.36. The van der Waals surface area contributed by atoms with E-state index in [-0.39, 0.29) is 0 Å². The van der Waals surface area contributed by atoms with Crippen molar-refractivity contribution in [2.75, 3.05) is 0 Å². The summed E-state index contributed by atoms with van der Waals surface area (Å²) < 4.78 is 0. The lowest BCUT2D eigenvalue weighted by Crippen LogP contribution is -2.24. The Morgan fingerprint density at radius 3 is 2.61 bits per heavy atom. The minimum absolute atomic E-state index is 0.348. The Morgan fingerprint density at radius 2 is 1.94 bits per heavy atom. The van der Waals surface area contributed by atoms with Crippen LogP contribution in [0, 0.1) is 0 Å². The Balaban J connectivity index is 2.60. The number of carbonyl (C=O) groups is 2. The first-order chi connectivity index (χ1) is 8.66. The second kappa shape index (κ2) is 7.58. The van der Waals surface area contributed by atoms with Crippen molar-refractivity contribution in [3.05, 3.63) is 29.6 Å². The molecule has 0 atom stereocenters. The number of unbranched alkanes of at least 4 members (excludes halogenated alkanes) is 4. The number of aryl methyl sites for hydroxylation is 1. The second-order valence-electron chi connectivity index (χ2n) is 4.36. The highest BCUT2D eigenvalue weighted by atomic mass is 16.2. The molecule has 0 saturated carbocycles. The molecule has 0 saturated heterocycles. The van der Waals surface area contributed by atoms with Crippen molar-refractivity contribution < 1.29 is 9.59 Å². The summed E-state index contributed by atoms with van der Waals surface area (Å²) in [5.41, 5.74) is 6.04. The van der Waals surface area contributed by atoms with E-state index in [4.69, 9.17) is 5.73 Å². The summed E-state index contributed by atoms with van der Waals surface area (Å²) in [6.45, 7) is 2.17. The summed E-state index contributed by atoms with van der Waals surface area (Å²) in [6.07, 6.45) is 8.09. The van der Waals surface area contributed by atoms with Gasteiger partial charge in [0.25, 0.3) is 11.7 Å². The molecule has 1 amide bonds. The summed E-state index contributed by atoms with van der Waals surface area (Å²) in [5, 5.41) is 0. The van der Waals surface area contributed by atoms with Crippen LogP contribution >= 0.6 is 0 Å². The van der Waals surface area contributed by atoms with Crippen molar-refractivity contribution in [2.45, 2.75) is 45.4 Å². The molecule has 0 spiro atoms. The van der Waals surface area contributed by atoms with E-state index in [1.807, 2.05) is 0 Å². The Bertz CT molecular complexity index is 416. The molecule has 0 bridgehead atoms. The van der Waals surface area contributed by atoms with Crippen molar-refractivity contribution in [3.8, 4) is 0 Å². The minimum Gasteiger partial charge on any atom is -0.363 e. The Morgan fingerprint density at radius 1 is 1.22 bits per heavy atom. The number of rotatable bonds is 8. The van der Waals surface area contributed by atoms with E-state index in [0.29, 0.717) is 11.3 Å². The number of primary amides is 1. The highest BCUT2D eigenvalue weighted by molar-refractivity contribution is 6.42. The monoisotopic (exact) mass is 248 g/mol. The van der Waals surface area contributed by atoms with E-state index in [0.717, 1.165) is 19.3 Å². The van der Waals surface area contributed by atoms with Gasteiger partial charge in [0.2, 0.25) is 0 Å². The molecule has 0 fully saturated rings. The van der Waals surface area contributed by atoms with Gasteiger partial charge < -0.3 is 5.73 Å². The zero-order valence-corrected chi connectivity index (χ0v) is 10.8. The number of Topliss-reactive ketones (excluding diaryl/α,β-unsaturated/α-hetero) is 1. The van der Waals surface area contributed by atoms with Crippen LogP contribution in [0.4, 0.5) is 0 Å². The summed E-state index contributed by atoms with van der Waals surface area (Å²) in [6, 6.07) is 3.26. The zero-order valence-electron chi connectivity index (χ0n) is 10.8. The molecule has 0 aliphatic rings. The number of aromatic nitrogens is 1. The number of carbonyl (C=O) groups excluding carboxylic acids is 2. The lowest BCUT2D eigenvalue weighted by atomic mass is 10.0. The summed E-state index contributed by atoms with van der Waals surface area (Å²) in [5.74, 6) is -1.57. The molecule has 1 aromatic heterocycles. The van der Waals surface area contributed by atoms with Crippen molar-refractivity contribution in [2.24, 2.45) is 5.73 Å². The molecule has 18 heavy (non-hydrogen) atoms. The molecule has 2 N–H and O–H groups in total. The molecule has 4 nitrogen and oxygen atoms in total. The Labute approximate surface area is 108 Å². The molecule has 0 aliphatic heterocycles. The van der Waals surface area contributed by atoms with E-state index in [1.165, 1.54) is 19.3 Å². The number of nitrogens with two attached hydrogens (primary N) is 1. The molecule has 1 rings (SSSR count). The standard InChI is InChI=1S/C14H20N2O2/c1-2-3-4-5-6-9-12-11(8-7-10-16-12)13(17)14(15)18/h7-8,10H,2-6,9H2,1H3,(H2,15,18). The number of amides is 1. The van der Waals surface area contributed by atoms with Crippen LogP contribution in [0.15, 0.2) is 18.3 Å². The maximum absolute atomic E-state index is 11.6. The molecule has 0 aliphatic carbocycles. The molecule has 0 aromatic carbocycles. The van der Waals surface area contributed by atoms with Crippen LogP contribution in [0.2, 0.25) is 0 Å². The lowest BCUT2D eigenvalue weighted by molar-refractivity contribution is -0.114. The SMILES string of the molecule is CCCCCCCc1ncccc1C(=O)C(N)=O. The van der Waals surface area contributed by atoms with E-state index >= 15 is 0 Å². The average molecular weight is 248 g/mol. The van der Waals surface area contributed by atoms with Crippen LogP contribution in [0.3, 0.4) is 0 Å². The number of ketones is 1. The van der Waals surface area contributed by atoms with E-state index in [2.05, 4.69) is 11.9 Å². The molecular formula is C14H20N2O2.